The van der Waals surface area contributed by atoms with Crippen molar-refractivity contribution in [2.24, 2.45) is 5.84 Å². The molecule has 1 aromatic carbocycles. The fraction of sp³-hybridized carbons (Fsp3) is 0. The van der Waals surface area contributed by atoms with Crippen LogP contribution in [0.2, 0.25) is 0 Å². The highest BCUT2D eigenvalue weighted by Gasteiger charge is 2.15. The molecule has 2 rings (SSSR count). The SMILES string of the molecule is NNC(=O)c1nc2cc(O)c(O)cc2cc1[C]=O. The van der Waals surface area contributed by atoms with Gasteiger partial charge >= 0.3 is 0 Å². The summed E-state index contributed by atoms with van der Waals surface area (Å²) in [4.78, 5) is 26.0. The first kappa shape index (κ1) is 11.8. The van der Waals surface area contributed by atoms with E-state index in [2.05, 4.69) is 4.98 Å². The van der Waals surface area contributed by atoms with Crippen molar-refractivity contribution in [2.75, 3.05) is 0 Å². The third kappa shape index (κ3) is 1.82. The second kappa shape index (κ2) is 4.30. The fourth-order valence-electron chi connectivity index (χ4n) is 1.52. The largest absolute Gasteiger partial charge is 0.504 e. The van der Waals surface area contributed by atoms with E-state index in [-0.39, 0.29) is 28.3 Å². The summed E-state index contributed by atoms with van der Waals surface area (Å²) in [5.41, 5.74) is 1.80. The number of nitrogens with zero attached hydrogens (tertiary/aromatic N) is 1. The zero-order valence-electron chi connectivity index (χ0n) is 8.97. The Labute approximate surface area is 101 Å². The summed E-state index contributed by atoms with van der Waals surface area (Å²) in [6.45, 7) is 0. The van der Waals surface area contributed by atoms with E-state index >= 15 is 0 Å². The molecule has 0 aliphatic heterocycles. The molecular formula is C11H8N3O4. The Morgan fingerprint density at radius 1 is 1.28 bits per heavy atom. The second-order valence-electron chi connectivity index (χ2n) is 3.49. The van der Waals surface area contributed by atoms with E-state index in [0.717, 1.165) is 0 Å². The highest BCUT2D eigenvalue weighted by atomic mass is 16.3. The van der Waals surface area contributed by atoms with Gasteiger partial charge in [-0.25, -0.2) is 10.8 Å². The quantitative estimate of drug-likeness (QED) is 0.249. The lowest BCUT2D eigenvalue weighted by atomic mass is 10.1. The molecule has 0 bridgehead atoms. The average Bonchev–Trinajstić information content (AvgIpc) is 2.38. The van der Waals surface area contributed by atoms with Crippen LogP contribution in [0.25, 0.3) is 10.9 Å². The minimum absolute atomic E-state index is 0.0875. The summed E-state index contributed by atoms with van der Waals surface area (Å²) in [7, 11) is 0. The van der Waals surface area contributed by atoms with Gasteiger partial charge in [-0.1, -0.05) is 0 Å². The monoisotopic (exact) mass is 246 g/mol. The topological polar surface area (TPSA) is 126 Å². The zero-order valence-corrected chi connectivity index (χ0v) is 8.97. The number of phenolic OH excluding ortho intramolecular Hbond substituents is 2. The van der Waals surface area contributed by atoms with Gasteiger partial charge in [-0.15, -0.1) is 0 Å². The normalized spacial score (nSPS) is 10.3. The molecule has 0 saturated heterocycles. The molecule has 0 unspecified atom stereocenters. The van der Waals surface area contributed by atoms with Gasteiger partial charge in [0.25, 0.3) is 5.91 Å². The minimum Gasteiger partial charge on any atom is -0.504 e. The number of carbonyl (C=O) groups excluding carboxylic acids is 2. The van der Waals surface area contributed by atoms with Crippen LogP contribution in [0.4, 0.5) is 0 Å². The van der Waals surface area contributed by atoms with Crippen molar-refractivity contribution in [1.29, 1.82) is 0 Å². The van der Waals surface area contributed by atoms with Crippen LogP contribution < -0.4 is 11.3 Å². The molecule has 0 aliphatic carbocycles. The molecule has 0 saturated carbocycles. The number of nitrogen functional groups attached to an aromatic ring is 1. The number of hydrogen-bond donors (Lipinski definition) is 4. The second-order valence-corrected chi connectivity index (χ2v) is 3.49. The van der Waals surface area contributed by atoms with E-state index in [1.165, 1.54) is 18.2 Å². The predicted molar refractivity (Wildman–Crippen MR) is 61.5 cm³/mol. The number of hydrazine groups is 1. The Morgan fingerprint density at radius 2 is 1.94 bits per heavy atom. The first-order valence-electron chi connectivity index (χ1n) is 4.82. The number of hydrogen-bond acceptors (Lipinski definition) is 6. The van der Waals surface area contributed by atoms with Crippen molar-refractivity contribution in [3.05, 3.63) is 29.5 Å². The van der Waals surface area contributed by atoms with Crippen LogP contribution >= 0.6 is 0 Å². The number of nitrogens with two attached hydrogens (primary N) is 1. The molecule has 7 nitrogen and oxygen atoms in total. The van der Waals surface area contributed by atoms with Gasteiger partial charge in [0.15, 0.2) is 11.5 Å². The van der Waals surface area contributed by atoms with Crippen molar-refractivity contribution in [2.45, 2.75) is 0 Å². The number of rotatable bonds is 2. The van der Waals surface area contributed by atoms with E-state index in [1.54, 1.807) is 6.29 Å². The number of aromatic hydroxyl groups is 2. The van der Waals surface area contributed by atoms with E-state index in [9.17, 15) is 19.8 Å². The van der Waals surface area contributed by atoms with E-state index < -0.39 is 5.91 Å². The van der Waals surface area contributed by atoms with Gasteiger partial charge in [0.05, 0.1) is 11.1 Å². The maximum Gasteiger partial charge on any atom is 0.284 e. The van der Waals surface area contributed by atoms with E-state index in [0.29, 0.717) is 5.39 Å². The Kier molecular flexibility index (Phi) is 2.82. The number of carbonyl (C=O) groups is 1. The number of phenols is 2. The summed E-state index contributed by atoms with van der Waals surface area (Å²) in [6.07, 6.45) is 1.56. The number of amides is 1. The summed E-state index contributed by atoms with van der Waals surface area (Å²) in [5.74, 6) is 3.49. The van der Waals surface area contributed by atoms with Gasteiger partial charge in [-0.3, -0.25) is 15.0 Å². The third-order valence-electron chi connectivity index (χ3n) is 2.37. The molecule has 1 heterocycles. The Morgan fingerprint density at radius 3 is 2.56 bits per heavy atom. The Bertz CT molecular complexity index is 654. The number of aromatic nitrogens is 1. The smallest absolute Gasteiger partial charge is 0.284 e. The van der Waals surface area contributed by atoms with Crippen LogP contribution in [0.1, 0.15) is 16.1 Å². The lowest BCUT2D eigenvalue weighted by molar-refractivity contribution is 0.0949. The average molecular weight is 246 g/mol. The molecule has 91 valence electrons. The molecule has 0 spiro atoms. The standard InChI is InChI=1S/C11H8N3O4/c12-14-11(18)10-6(4-15)1-5-2-8(16)9(17)3-7(5)13-10/h1-3,16-17H,12H2,(H,14,18). The van der Waals surface area contributed by atoms with Crippen LogP contribution in [0.15, 0.2) is 18.2 Å². The highest BCUT2D eigenvalue weighted by Crippen LogP contribution is 2.29. The molecule has 1 amide bonds. The molecule has 18 heavy (non-hydrogen) atoms. The van der Waals surface area contributed by atoms with Gasteiger partial charge in [-0.05, 0) is 12.1 Å². The molecule has 2 aromatic rings. The van der Waals surface area contributed by atoms with Crippen molar-refractivity contribution >= 4 is 23.1 Å². The van der Waals surface area contributed by atoms with Crippen LogP contribution in [0.3, 0.4) is 0 Å². The molecular weight excluding hydrogens is 238 g/mol. The Hall–Kier alpha value is -2.67. The third-order valence-corrected chi connectivity index (χ3v) is 2.37. The van der Waals surface area contributed by atoms with Crippen LogP contribution in [0.5, 0.6) is 11.5 Å². The highest BCUT2D eigenvalue weighted by molar-refractivity contribution is 6.02. The first-order chi connectivity index (χ1) is 8.56. The number of nitrogens with one attached hydrogen (secondary N) is 1. The van der Waals surface area contributed by atoms with E-state index in [1.807, 2.05) is 5.43 Å². The van der Waals surface area contributed by atoms with Crippen molar-refractivity contribution in [3.8, 4) is 11.5 Å². The van der Waals surface area contributed by atoms with Crippen LogP contribution in [-0.2, 0) is 4.79 Å². The van der Waals surface area contributed by atoms with E-state index in [4.69, 9.17) is 5.84 Å². The first-order valence-corrected chi connectivity index (χ1v) is 4.82. The van der Waals surface area contributed by atoms with Gasteiger partial charge < -0.3 is 10.2 Å². The molecule has 1 aromatic heterocycles. The molecule has 5 N–H and O–H groups in total. The lowest BCUT2D eigenvalue weighted by Crippen LogP contribution is -2.31. The van der Waals surface area contributed by atoms with Crippen LogP contribution in [-0.4, -0.2) is 27.4 Å². The molecule has 0 fully saturated rings. The lowest BCUT2D eigenvalue weighted by Gasteiger charge is -2.06. The van der Waals surface area contributed by atoms with Crippen molar-refractivity contribution in [1.82, 2.24) is 10.4 Å². The predicted octanol–water partition coefficient (Wildman–Crippen LogP) is -0.293. The summed E-state index contributed by atoms with van der Waals surface area (Å²) in [6, 6.07) is 3.72. The molecule has 0 atom stereocenters. The molecule has 1 radical (unpaired) electrons. The van der Waals surface area contributed by atoms with Crippen molar-refractivity contribution in [3.63, 3.8) is 0 Å². The Balaban J connectivity index is 2.77. The summed E-state index contributed by atoms with van der Waals surface area (Å²) in [5, 5.41) is 19.1. The zero-order chi connectivity index (χ0) is 13.3. The van der Waals surface area contributed by atoms with Gasteiger partial charge in [0.2, 0.25) is 6.29 Å². The fourth-order valence-corrected chi connectivity index (χ4v) is 1.52. The maximum atomic E-state index is 11.4. The number of pyridine rings is 1. The maximum absolute atomic E-state index is 11.4. The van der Waals surface area contributed by atoms with Gasteiger partial charge in [0.1, 0.15) is 5.69 Å². The van der Waals surface area contributed by atoms with Gasteiger partial charge in [-0.2, -0.15) is 0 Å². The van der Waals surface area contributed by atoms with Gasteiger partial charge in [0, 0.05) is 11.5 Å². The number of fused-ring (bicyclic) bond motifs is 1. The molecule has 0 aliphatic rings. The van der Waals surface area contributed by atoms with Crippen LogP contribution in [0, 0.1) is 0 Å². The summed E-state index contributed by atoms with van der Waals surface area (Å²) >= 11 is 0. The minimum atomic E-state index is -0.747. The van der Waals surface area contributed by atoms with Crippen molar-refractivity contribution < 1.29 is 19.8 Å². The number of benzene rings is 1. The summed E-state index contributed by atoms with van der Waals surface area (Å²) < 4.78 is 0. The molecule has 7 heteroatoms.